The smallest absolute Gasteiger partial charge is 0.0837 e. The Morgan fingerprint density at radius 2 is 2.18 bits per heavy atom. The molecule has 2 atom stereocenters. The van der Waals surface area contributed by atoms with Crippen molar-refractivity contribution in [3.8, 4) is 0 Å². The predicted molar refractivity (Wildman–Crippen MR) is 42.3 cm³/mol. The molecule has 1 heterocycles. The van der Waals surface area contributed by atoms with Crippen molar-refractivity contribution in [1.29, 1.82) is 0 Å². The van der Waals surface area contributed by atoms with Gasteiger partial charge in [-0.3, -0.25) is 0 Å². The molecule has 0 aromatic carbocycles. The molecule has 1 saturated heterocycles. The Labute approximate surface area is 67.6 Å². The van der Waals surface area contributed by atoms with E-state index in [9.17, 15) is 5.11 Å². The molecular weight excluding hydrogens is 140 g/mol. The zero-order chi connectivity index (χ0) is 7.90. The van der Waals surface area contributed by atoms with Crippen LogP contribution in [0.25, 0.3) is 0 Å². The first kappa shape index (κ1) is 7.56. The van der Waals surface area contributed by atoms with Crippen LogP contribution in [0.1, 0.15) is 32.6 Å². The largest absolute Gasteiger partial charge is 0.390 e. The summed E-state index contributed by atoms with van der Waals surface area (Å²) in [6, 6.07) is 0. The molecule has 1 aliphatic heterocycles. The fourth-order valence-electron chi connectivity index (χ4n) is 1.84. The van der Waals surface area contributed by atoms with E-state index >= 15 is 0 Å². The fourth-order valence-corrected chi connectivity index (χ4v) is 1.84. The van der Waals surface area contributed by atoms with Crippen LogP contribution in [0.3, 0.4) is 0 Å². The Morgan fingerprint density at radius 3 is 2.55 bits per heavy atom. The number of aliphatic hydroxyl groups is 1. The Bertz CT molecular complexity index is 146. The molecule has 0 aromatic heterocycles. The molecule has 2 rings (SSSR count). The van der Waals surface area contributed by atoms with Gasteiger partial charge in [0.25, 0.3) is 0 Å². The molecule has 11 heavy (non-hydrogen) atoms. The number of epoxide rings is 1. The lowest BCUT2D eigenvalue weighted by Crippen LogP contribution is -2.39. The van der Waals surface area contributed by atoms with E-state index in [4.69, 9.17) is 4.74 Å². The lowest BCUT2D eigenvalue weighted by atomic mass is 9.72. The number of ether oxygens (including phenoxy) is 1. The summed E-state index contributed by atoms with van der Waals surface area (Å²) in [5.74, 6) is 0.548. The van der Waals surface area contributed by atoms with Gasteiger partial charge in [-0.25, -0.2) is 0 Å². The second kappa shape index (κ2) is 2.46. The third-order valence-electron chi connectivity index (χ3n) is 3.03. The summed E-state index contributed by atoms with van der Waals surface area (Å²) < 4.78 is 5.10. The molecule has 1 aliphatic carbocycles. The fraction of sp³-hybridized carbons (Fsp3) is 1.00. The van der Waals surface area contributed by atoms with Gasteiger partial charge in [-0.1, -0.05) is 6.42 Å². The number of hydrogen-bond donors (Lipinski definition) is 1. The van der Waals surface area contributed by atoms with Gasteiger partial charge in [-0.2, -0.15) is 0 Å². The SMILES string of the molecule is C[C@](O)(C[C@H]1CO1)C1CCC1. The van der Waals surface area contributed by atoms with Gasteiger partial charge < -0.3 is 9.84 Å². The third-order valence-corrected chi connectivity index (χ3v) is 3.03. The van der Waals surface area contributed by atoms with E-state index < -0.39 is 5.60 Å². The number of hydrogen-bond acceptors (Lipinski definition) is 2. The zero-order valence-electron chi connectivity index (χ0n) is 7.05. The summed E-state index contributed by atoms with van der Waals surface area (Å²) in [5.41, 5.74) is -0.445. The van der Waals surface area contributed by atoms with Crippen LogP contribution in [0, 0.1) is 5.92 Å². The van der Waals surface area contributed by atoms with Crippen molar-refractivity contribution in [2.45, 2.75) is 44.3 Å². The maximum Gasteiger partial charge on any atom is 0.0837 e. The van der Waals surface area contributed by atoms with Crippen LogP contribution < -0.4 is 0 Å². The lowest BCUT2D eigenvalue weighted by Gasteiger charge is -2.38. The first-order valence-electron chi connectivity index (χ1n) is 4.52. The quantitative estimate of drug-likeness (QED) is 0.625. The van der Waals surface area contributed by atoms with Crippen LogP contribution in [-0.2, 0) is 4.74 Å². The summed E-state index contributed by atoms with van der Waals surface area (Å²) >= 11 is 0. The third kappa shape index (κ3) is 1.57. The minimum Gasteiger partial charge on any atom is -0.390 e. The van der Waals surface area contributed by atoms with Crippen LogP contribution in [0.2, 0.25) is 0 Å². The second-order valence-corrected chi connectivity index (χ2v) is 4.14. The van der Waals surface area contributed by atoms with Crippen molar-refractivity contribution in [3.05, 3.63) is 0 Å². The first-order chi connectivity index (χ1) is 5.18. The molecule has 0 bridgehead atoms. The molecule has 64 valence electrons. The Morgan fingerprint density at radius 1 is 1.55 bits per heavy atom. The molecule has 0 radical (unpaired) electrons. The molecule has 2 heteroatoms. The summed E-state index contributed by atoms with van der Waals surface area (Å²) in [7, 11) is 0. The molecule has 0 aromatic rings. The summed E-state index contributed by atoms with van der Waals surface area (Å²) in [4.78, 5) is 0. The van der Waals surface area contributed by atoms with Crippen LogP contribution in [0.15, 0.2) is 0 Å². The molecule has 2 fully saturated rings. The van der Waals surface area contributed by atoms with Crippen LogP contribution in [0.5, 0.6) is 0 Å². The van der Waals surface area contributed by atoms with E-state index in [1.165, 1.54) is 19.3 Å². The van der Waals surface area contributed by atoms with Crippen molar-refractivity contribution in [1.82, 2.24) is 0 Å². The van der Waals surface area contributed by atoms with Crippen LogP contribution >= 0.6 is 0 Å². The normalized spacial score (nSPS) is 36.0. The molecule has 2 nitrogen and oxygen atoms in total. The predicted octanol–water partition coefficient (Wildman–Crippen LogP) is 1.33. The van der Waals surface area contributed by atoms with Gasteiger partial charge in [0, 0.05) is 6.42 Å². The molecule has 2 aliphatic rings. The highest BCUT2D eigenvalue weighted by molar-refractivity contribution is 4.91. The van der Waals surface area contributed by atoms with Gasteiger partial charge in [0.1, 0.15) is 0 Å². The van der Waals surface area contributed by atoms with Crippen molar-refractivity contribution in [2.24, 2.45) is 5.92 Å². The van der Waals surface area contributed by atoms with E-state index in [1.54, 1.807) is 0 Å². The maximum absolute atomic E-state index is 9.96. The van der Waals surface area contributed by atoms with E-state index in [2.05, 4.69) is 0 Å². The highest BCUT2D eigenvalue weighted by Gasteiger charge is 2.40. The van der Waals surface area contributed by atoms with Crippen LogP contribution in [0.4, 0.5) is 0 Å². The average Bonchev–Trinajstić information content (AvgIpc) is 2.40. The Balaban J connectivity index is 1.84. The Kier molecular flexibility index (Phi) is 1.69. The van der Waals surface area contributed by atoms with Gasteiger partial charge in [0.05, 0.1) is 18.3 Å². The second-order valence-electron chi connectivity index (χ2n) is 4.14. The summed E-state index contributed by atoms with van der Waals surface area (Å²) in [6.45, 7) is 2.82. The molecule has 0 spiro atoms. The van der Waals surface area contributed by atoms with Gasteiger partial charge in [-0.05, 0) is 25.7 Å². The van der Waals surface area contributed by atoms with Gasteiger partial charge in [0.2, 0.25) is 0 Å². The highest BCUT2D eigenvalue weighted by Crippen LogP contribution is 2.40. The van der Waals surface area contributed by atoms with Crippen LogP contribution in [-0.4, -0.2) is 23.4 Å². The van der Waals surface area contributed by atoms with Gasteiger partial charge >= 0.3 is 0 Å². The van der Waals surface area contributed by atoms with Crippen molar-refractivity contribution >= 4 is 0 Å². The summed E-state index contributed by atoms with van der Waals surface area (Å²) in [5, 5.41) is 9.96. The topological polar surface area (TPSA) is 32.8 Å². The summed E-state index contributed by atoms with van der Waals surface area (Å²) in [6.07, 6.45) is 4.93. The standard InChI is InChI=1S/C9H16O2/c1-9(10,5-8-6-11-8)7-3-2-4-7/h7-8,10H,2-6H2,1H3/t8-,9-/m0/s1. The number of rotatable bonds is 3. The van der Waals surface area contributed by atoms with Crippen molar-refractivity contribution in [3.63, 3.8) is 0 Å². The van der Waals surface area contributed by atoms with Gasteiger partial charge in [0.15, 0.2) is 0 Å². The van der Waals surface area contributed by atoms with Crippen molar-refractivity contribution in [2.75, 3.05) is 6.61 Å². The van der Waals surface area contributed by atoms with E-state index in [1.807, 2.05) is 6.92 Å². The molecular formula is C9H16O2. The highest BCUT2D eigenvalue weighted by atomic mass is 16.6. The molecule has 1 saturated carbocycles. The minimum atomic E-state index is -0.445. The van der Waals surface area contributed by atoms with E-state index in [-0.39, 0.29) is 0 Å². The molecule has 0 amide bonds. The lowest BCUT2D eigenvalue weighted by molar-refractivity contribution is -0.0455. The maximum atomic E-state index is 9.96. The molecule has 0 unspecified atom stereocenters. The first-order valence-corrected chi connectivity index (χ1v) is 4.52. The van der Waals surface area contributed by atoms with Gasteiger partial charge in [-0.15, -0.1) is 0 Å². The average molecular weight is 156 g/mol. The Hall–Kier alpha value is -0.0800. The van der Waals surface area contributed by atoms with E-state index in [0.717, 1.165) is 13.0 Å². The monoisotopic (exact) mass is 156 g/mol. The zero-order valence-corrected chi connectivity index (χ0v) is 7.05. The molecule has 1 N–H and O–H groups in total. The van der Waals surface area contributed by atoms with Crippen molar-refractivity contribution < 1.29 is 9.84 Å². The minimum absolute atomic E-state index is 0.366. The van der Waals surface area contributed by atoms with E-state index in [0.29, 0.717) is 12.0 Å².